The largest absolute Gasteiger partial charge is 0.393 e. The number of aliphatic hydroxyl groups excluding tert-OH is 1. The molecule has 2 heterocycles. The Morgan fingerprint density at radius 1 is 1.67 bits per heavy atom. The Morgan fingerprint density at radius 3 is 2.94 bits per heavy atom. The molecule has 1 fully saturated rings. The number of nitrogens with two attached hydrogens (primary N) is 1. The summed E-state index contributed by atoms with van der Waals surface area (Å²) in [6.07, 6.45) is 3.67. The van der Waals surface area contributed by atoms with Gasteiger partial charge in [0, 0.05) is 31.9 Å². The molecule has 1 aliphatic rings. The maximum atomic E-state index is 12.2. The molecule has 3 atom stereocenters. The zero-order valence-corrected chi connectivity index (χ0v) is 10.8. The Kier molecular flexibility index (Phi) is 3.68. The van der Waals surface area contributed by atoms with Crippen LogP contribution in [0.5, 0.6) is 0 Å². The number of aromatic nitrogens is 2. The van der Waals surface area contributed by atoms with Crippen molar-refractivity contribution in [2.75, 3.05) is 13.1 Å². The molecule has 18 heavy (non-hydrogen) atoms. The molecule has 3 unspecified atom stereocenters. The fourth-order valence-electron chi connectivity index (χ4n) is 2.27. The number of aliphatic hydroxyl groups is 1. The Bertz CT molecular complexity index is 431. The van der Waals surface area contributed by atoms with E-state index in [1.165, 1.54) is 0 Å². The Balaban J connectivity index is 2.03. The smallest absolute Gasteiger partial charge is 0.244 e. The van der Waals surface area contributed by atoms with Gasteiger partial charge >= 0.3 is 0 Å². The monoisotopic (exact) mass is 252 g/mol. The van der Waals surface area contributed by atoms with Crippen molar-refractivity contribution in [3.63, 3.8) is 0 Å². The number of nitrogens with zero attached hydrogens (tertiary/aromatic N) is 3. The number of hydrogen-bond acceptors (Lipinski definition) is 4. The fraction of sp³-hybridized carbons (Fsp3) is 0.667. The van der Waals surface area contributed by atoms with Crippen molar-refractivity contribution in [3.05, 3.63) is 18.0 Å². The van der Waals surface area contributed by atoms with Crippen molar-refractivity contribution < 1.29 is 9.90 Å². The number of piperidine rings is 1. The molecule has 1 aromatic rings. The molecule has 0 radical (unpaired) electrons. The summed E-state index contributed by atoms with van der Waals surface area (Å²) in [6, 6.07) is -0.666. The molecule has 0 aliphatic carbocycles. The zero-order chi connectivity index (χ0) is 13.3. The molecule has 2 rings (SSSR count). The molecule has 1 aromatic heterocycles. The number of amides is 1. The van der Waals surface area contributed by atoms with Crippen LogP contribution in [0.15, 0.2) is 12.4 Å². The molecule has 1 saturated heterocycles. The summed E-state index contributed by atoms with van der Waals surface area (Å²) in [7, 11) is 1.79. The van der Waals surface area contributed by atoms with Gasteiger partial charge in [0.1, 0.15) is 6.04 Å². The highest BCUT2D eigenvalue weighted by molar-refractivity contribution is 5.83. The third-order valence-corrected chi connectivity index (χ3v) is 3.52. The van der Waals surface area contributed by atoms with Gasteiger partial charge in [-0.05, 0) is 12.3 Å². The highest BCUT2D eigenvalue weighted by Crippen LogP contribution is 2.20. The fourth-order valence-corrected chi connectivity index (χ4v) is 2.27. The summed E-state index contributed by atoms with van der Waals surface area (Å²) >= 11 is 0. The van der Waals surface area contributed by atoms with Gasteiger partial charge in [-0.3, -0.25) is 9.48 Å². The van der Waals surface area contributed by atoms with Gasteiger partial charge in [0.2, 0.25) is 5.91 Å². The van der Waals surface area contributed by atoms with Gasteiger partial charge in [0.05, 0.1) is 12.3 Å². The van der Waals surface area contributed by atoms with E-state index in [-0.39, 0.29) is 17.9 Å². The van der Waals surface area contributed by atoms with E-state index < -0.39 is 6.04 Å². The molecular formula is C12H20N4O2. The maximum Gasteiger partial charge on any atom is 0.244 e. The van der Waals surface area contributed by atoms with Crippen molar-refractivity contribution in [1.29, 1.82) is 0 Å². The molecule has 6 nitrogen and oxygen atoms in total. The average molecular weight is 252 g/mol. The SMILES string of the molecule is CC1CN(C(=O)C(N)c2cnn(C)c2)CCC1O. The van der Waals surface area contributed by atoms with Crippen molar-refractivity contribution in [3.8, 4) is 0 Å². The van der Waals surface area contributed by atoms with Crippen LogP contribution in [0.3, 0.4) is 0 Å². The molecule has 6 heteroatoms. The molecular weight excluding hydrogens is 232 g/mol. The van der Waals surface area contributed by atoms with E-state index in [9.17, 15) is 9.90 Å². The van der Waals surface area contributed by atoms with Gasteiger partial charge in [-0.1, -0.05) is 6.92 Å². The predicted octanol–water partition coefficient (Wildman–Crippen LogP) is -0.351. The third kappa shape index (κ3) is 2.54. The van der Waals surface area contributed by atoms with Crippen LogP contribution in [0.2, 0.25) is 0 Å². The Labute approximate surface area is 106 Å². The van der Waals surface area contributed by atoms with Crippen LogP contribution in [0, 0.1) is 5.92 Å². The lowest BCUT2D eigenvalue weighted by molar-refractivity contribution is -0.136. The minimum Gasteiger partial charge on any atom is -0.393 e. The summed E-state index contributed by atoms with van der Waals surface area (Å²) in [5.74, 6) is 0.00514. The van der Waals surface area contributed by atoms with Crippen LogP contribution >= 0.6 is 0 Å². The van der Waals surface area contributed by atoms with Crippen LogP contribution < -0.4 is 5.73 Å². The molecule has 1 amide bonds. The van der Waals surface area contributed by atoms with E-state index >= 15 is 0 Å². The first-order valence-corrected chi connectivity index (χ1v) is 6.20. The van der Waals surface area contributed by atoms with E-state index in [1.807, 2.05) is 6.92 Å². The van der Waals surface area contributed by atoms with Gasteiger partial charge in [-0.15, -0.1) is 0 Å². The van der Waals surface area contributed by atoms with E-state index in [0.717, 1.165) is 5.56 Å². The molecule has 0 saturated carbocycles. The first kappa shape index (κ1) is 13.0. The molecule has 3 N–H and O–H groups in total. The number of rotatable bonds is 2. The van der Waals surface area contributed by atoms with E-state index in [4.69, 9.17) is 5.73 Å². The summed E-state index contributed by atoms with van der Waals surface area (Å²) in [5.41, 5.74) is 6.68. The van der Waals surface area contributed by atoms with Gasteiger partial charge in [-0.25, -0.2) is 0 Å². The van der Waals surface area contributed by atoms with Crippen LogP contribution in [-0.4, -0.2) is 44.9 Å². The highest BCUT2D eigenvalue weighted by atomic mass is 16.3. The second kappa shape index (κ2) is 5.07. The second-order valence-corrected chi connectivity index (χ2v) is 5.04. The second-order valence-electron chi connectivity index (χ2n) is 5.04. The lowest BCUT2D eigenvalue weighted by Gasteiger charge is -2.35. The van der Waals surface area contributed by atoms with Gasteiger partial charge < -0.3 is 15.7 Å². The quantitative estimate of drug-likeness (QED) is 0.753. The molecule has 0 aromatic carbocycles. The first-order chi connectivity index (χ1) is 8.49. The predicted molar refractivity (Wildman–Crippen MR) is 66.5 cm³/mol. The van der Waals surface area contributed by atoms with E-state index in [1.54, 1.807) is 29.0 Å². The minimum absolute atomic E-state index is 0.0956. The lowest BCUT2D eigenvalue weighted by atomic mass is 9.96. The average Bonchev–Trinajstić information content (AvgIpc) is 2.77. The van der Waals surface area contributed by atoms with Crippen LogP contribution in [0.4, 0.5) is 0 Å². The topological polar surface area (TPSA) is 84.4 Å². The minimum atomic E-state index is -0.666. The third-order valence-electron chi connectivity index (χ3n) is 3.52. The number of carbonyl (C=O) groups excluding carboxylic acids is 1. The molecule has 0 bridgehead atoms. The number of aryl methyl sites for hydroxylation is 1. The standard InChI is InChI=1S/C12H20N4O2/c1-8-6-16(4-3-10(8)17)12(18)11(13)9-5-14-15(2)7-9/h5,7-8,10-11,17H,3-4,6,13H2,1-2H3. The van der Waals surface area contributed by atoms with E-state index in [2.05, 4.69) is 5.10 Å². The van der Waals surface area contributed by atoms with Gasteiger partial charge in [0.15, 0.2) is 0 Å². The number of hydrogen-bond donors (Lipinski definition) is 2. The summed E-state index contributed by atoms with van der Waals surface area (Å²) < 4.78 is 1.63. The molecule has 1 aliphatic heterocycles. The number of carbonyl (C=O) groups is 1. The highest BCUT2D eigenvalue weighted by Gasteiger charge is 2.30. The Hall–Kier alpha value is -1.40. The zero-order valence-electron chi connectivity index (χ0n) is 10.8. The normalized spacial score (nSPS) is 26.1. The Morgan fingerprint density at radius 2 is 2.39 bits per heavy atom. The van der Waals surface area contributed by atoms with Crippen LogP contribution in [-0.2, 0) is 11.8 Å². The van der Waals surface area contributed by atoms with Crippen molar-refractivity contribution >= 4 is 5.91 Å². The first-order valence-electron chi connectivity index (χ1n) is 6.20. The van der Waals surface area contributed by atoms with Crippen molar-refractivity contribution in [2.45, 2.75) is 25.5 Å². The van der Waals surface area contributed by atoms with Crippen LogP contribution in [0.25, 0.3) is 0 Å². The van der Waals surface area contributed by atoms with Crippen molar-refractivity contribution in [2.24, 2.45) is 18.7 Å². The summed E-state index contributed by atoms with van der Waals surface area (Å²) in [6.45, 7) is 3.08. The van der Waals surface area contributed by atoms with E-state index in [0.29, 0.717) is 19.5 Å². The van der Waals surface area contributed by atoms with Crippen molar-refractivity contribution in [1.82, 2.24) is 14.7 Å². The lowest BCUT2D eigenvalue weighted by Crippen LogP contribution is -2.48. The summed E-state index contributed by atoms with van der Waals surface area (Å²) in [4.78, 5) is 14.0. The maximum absolute atomic E-state index is 12.2. The van der Waals surface area contributed by atoms with Gasteiger partial charge in [0.25, 0.3) is 0 Å². The van der Waals surface area contributed by atoms with Crippen LogP contribution in [0.1, 0.15) is 24.9 Å². The van der Waals surface area contributed by atoms with Gasteiger partial charge in [-0.2, -0.15) is 5.10 Å². The number of likely N-dealkylation sites (tertiary alicyclic amines) is 1. The molecule has 100 valence electrons. The summed E-state index contributed by atoms with van der Waals surface area (Å²) in [5, 5.41) is 13.7. The molecule has 0 spiro atoms.